The summed E-state index contributed by atoms with van der Waals surface area (Å²) in [5.41, 5.74) is 2.75. The second-order valence-corrected chi connectivity index (χ2v) is 4.83. The highest BCUT2D eigenvalue weighted by molar-refractivity contribution is 5.25. The fourth-order valence-electron chi connectivity index (χ4n) is 2.34. The molecule has 2 rings (SSSR count). The maximum absolute atomic E-state index is 4.29. The lowest BCUT2D eigenvalue weighted by Gasteiger charge is -2.18. The van der Waals surface area contributed by atoms with Gasteiger partial charge in [-0.15, -0.1) is 0 Å². The number of benzene rings is 1. The first-order valence-electron chi connectivity index (χ1n) is 7.13. The van der Waals surface area contributed by atoms with Crippen LogP contribution in [0.3, 0.4) is 0 Å². The molecule has 0 saturated heterocycles. The number of hydrogen-bond donors (Lipinski definition) is 1. The smallest absolute Gasteiger partial charge is 0.0604 e. The quantitative estimate of drug-likeness (QED) is 0.825. The first-order valence-corrected chi connectivity index (χ1v) is 7.13. The normalized spacial score (nSPS) is 12.5. The highest BCUT2D eigenvalue weighted by Crippen LogP contribution is 2.16. The summed E-state index contributed by atoms with van der Waals surface area (Å²) in [5, 5.41) is 7.82. The van der Waals surface area contributed by atoms with E-state index >= 15 is 0 Å². The van der Waals surface area contributed by atoms with Crippen LogP contribution in [0.4, 0.5) is 0 Å². The maximum atomic E-state index is 4.29. The Hall–Kier alpha value is -1.61. The summed E-state index contributed by atoms with van der Waals surface area (Å²) >= 11 is 0. The van der Waals surface area contributed by atoms with Crippen LogP contribution in [0.25, 0.3) is 0 Å². The molecule has 2 aromatic rings. The van der Waals surface area contributed by atoms with Gasteiger partial charge in [0.05, 0.1) is 12.6 Å². The van der Waals surface area contributed by atoms with E-state index in [1.54, 1.807) is 0 Å². The predicted octanol–water partition coefficient (Wildman–Crippen LogP) is 3.19. The van der Waals surface area contributed by atoms with E-state index < -0.39 is 0 Å². The molecule has 1 N–H and O–H groups in total. The van der Waals surface area contributed by atoms with Crippen LogP contribution in [0.2, 0.25) is 0 Å². The number of rotatable bonds is 7. The van der Waals surface area contributed by atoms with Gasteiger partial charge in [-0.1, -0.05) is 44.5 Å². The molecule has 1 aromatic heterocycles. The number of nitrogens with one attached hydrogen (secondary N) is 1. The monoisotopic (exact) mass is 257 g/mol. The third-order valence-corrected chi connectivity index (χ3v) is 3.30. The Labute approximate surface area is 115 Å². The molecule has 1 heterocycles. The molecular weight excluding hydrogens is 234 g/mol. The minimum absolute atomic E-state index is 0.320. The minimum Gasteiger partial charge on any atom is -0.309 e. The van der Waals surface area contributed by atoms with Gasteiger partial charge in [-0.2, -0.15) is 5.10 Å². The van der Waals surface area contributed by atoms with Gasteiger partial charge in [0.15, 0.2) is 0 Å². The van der Waals surface area contributed by atoms with Crippen molar-refractivity contribution in [2.75, 3.05) is 6.54 Å². The van der Waals surface area contributed by atoms with E-state index in [4.69, 9.17) is 0 Å². The van der Waals surface area contributed by atoms with Crippen LogP contribution in [0.15, 0.2) is 42.7 Å². The largest absolute Gasteiger partial charge is 0.309 e. The highest BCUT2D eigenvalue weighted by atomic mass is 15.3. The topological polar surface area (TPSA) is 29.9 Å². The van der Waals surface area contributed by atoms with Gasteiger partial charge < -0.3 is 5.32 Å². The molecule has 0 aliphatic heterocycles. The number of hydrogen-bond acceptors (Lipinski definition) is 2. The number of likely N-dealkylation sites (N-methyl/N-ethyl adjacent to an activating group) is 1. The zero-order valence-electron chi connectivity index (χ0n) is 11.8. The van der Waals surface area contributed by atoms with E-state index in [1.165, 1.54) is 17.5 Å². The van der Waals surface area contributed by atoms with Crippen molar-refractivity contribution in [1.82, 2.24) is 15.1 Å². The summed E-state index contributed by atoms with van der Waals surface area (Å²) in [5.74, 6) is 0. The van der Waals surface area contributed by atoms with Crippen molar-refractivity contribution < 1.29 is 0 Å². The Kier molecular flexibility index (Phi) is 5.16. The van der Waals surface area contributed by atoms with Crippen LogP contribution in [0, 0.1) is 0 Å². The van der Waals surface area contributed by atoms with Crippen molar-refractivity contribution in [2.24, 2.45) is 0 Å². The lowest BCUT2D eigenvalue weighted by Crippen LogP contribution is -2.25. The van der Waals surface area contributed by atoms with Gasteiger partial charge in [-0.3, -0.25) is 4.68 Å². The van der Waals surface area contributed by atoms with E-state index in [0.717, 1.165) is 19.5 Å². The van der Waals surface area contributed by atoms with Crippen molar-refractivity contribution in [3.8, 4) is 0 Å². The second-order valence-electron chi connectivity index (χ2n) is 4.83. The molecule has 1 atom stereocenters. The molecule has 102 valence electrons. The third-order valence-electron chi connectivity index (χ3n) is 3.30. The summed E-state index contributed by atoms with van der Waals surface area (Å²) in [7, 11) is 0. The molecule has 0 spiro atoms. The number of aryl methyl sites for hydroxylation is 1. The van der Waals surface area contributed by atoms with Gasteiger partial charge in [0.25, 0.3) is 0 Å². The summed E-state index contributed by atoms with van der Waals surface area (Å²) in [4.78, 5) is 0. The fourth-order valence-corrected chi connectivity index (χ4v) is 2.34. The first-order chi connectivity index (χ1) is 9.33. The van der Waals surface area contributed by atoms with Crippen molar-refractivity contribution in [3.05, 3.63) is 53.9 Å². The molecule has 3 heteroatoms. The van der Waals surface area contributed by atoms with Gasteiger partial charge in [0, 0.05) is 12.4 Å². The molecule has 1 aromatic carbocycles. The Morgan fingerprint density at radius 2 is 2.00 bits per heavy atom. The third kappa shape index (κ3) is 3.93. The SMILES string of the molecule is CCCc1ccc(C(Cn2cccn2)NCC)cc1. The molecule has 0 saturated carbocycles. The van der Waals surface area contributed by atoms with Crippen molar-refractivity contribution >= 4 is 0 Å². The first kappa shape index (κ1) is 13.8. The lowest BCUT2D eigenvalue weighted by atomic mass is 10.0. The van der Waals surface area contributed by atoms with Gasteiger partial charge in [-0.05, 0) is 30.2 Å². The van der Waals surface area contributed by atoms with Crippen LogP contribution in [0.1, 0.15) is 37.4 Å². The Morgan fingerprint density at radius 3 is 2.58 bits per heavy atom. The average Bonchev–Trinajstić information content (AvgIpc) is 2.93. The summed E-state index contributed by atoms with van der Waals surface area (Å²) in [6.45, 7) is 6.19. The Balaban J connectivity index is 2.09. The Bertz CT molecular complexity index is 459. The van der Waals surface area contributed by atoms with E-state index in [0.29, 0.717) is 6.04 Å². The van der Waals surface area contributed by atoms with Gasteiger partial charge in [0.1, 0.15) is 0 Å². The van der Waals surface area contributed by atoms with Crippen LogP contribution in [0.5, 0.6) is 0 Å². The Morgan fingerprint density at radius 1 is 1.21 bits per heavy atom. The molecule has 3 nitrogen and oxygen atoms in total. The number of aromatic nitrogens is 2. The van der Waals surface area contributed by atoms with Crippen LogP contribution in [-0.2, 0) is 13.0 Å². The molecule has 0 radical (unpaired) electrons. The summed E-state index contributed by atoms with van der Waals surface area (Å²) in [6.07, 6.45) is 6.19. The fraction of sp³-hybridized carbons (Fsp3) is 0.438. The van der Waals surface area contributed by atoms with E-state index in [-0.39, 0.29) is 0 Å². The summed E-state index contributed by atoms with van der Waals surface area (Å²) < 4.78 is 1.98. The summed E-state index contributed by atoms with van der Waals surface area (Å²) in [6, 6.07) is 11.2. The van der Waals surface area contributed by atoms with Gasteiger partial charge >= 0.3 is 0 Å². The lowest BCUT2D eigenvalue weighted by molar-refractivity contribution is 0.448. The van der Waals surface area contributed by atoms with Crippen molar-refractivity contribution in [3.63, 3.8) is 0 Å². The number of nitrogens with zero attached hydrogens (tertiary/aromatic N) is 2. The second kappa shape index (κ2) is 7.10. The van der Waals surface area contributed by atoms with Gasteiger partial charge in [-0.25, -0.2) is 0 Å². The molecule has 0 amide bonds. The zero-order valence-corrected chi connectivity index (χ0v) is 11.8. The highest BCUT2D eigenvalue weighted by Gasteiger charge is 2.11. The standard InChI is InChI=1S/C16H23N3/c1-3-6-14-7-9-15(10-8-14)16(17-4-2)13-19-12-5-11-18-19/h5,7-12,16-17H,3-4,6,13H2,1-2H3. The molecule has 0 aliphatic carbocycles. The maximum Gasteiger partial charge on any atom is 0.0604 e. The zero-order chi connectivity index (χ0) is 13.5. The van der Waals surface area contributed by atoms with Gasteiger partial charge in [0.2, 0.25) is 0 Å². The van der Waals surface area contributed by atoms with Crippen LogP contribution >= 0.6 is 0 Å². The molecule has 1 unspecified atom stereocenters. The molecule has 19 heavy (non-hydrogen) atoms. The molecular formula is C16H23N3. The molecule has 0 fully saturated rings. The van der Waals surface area contributed by atoms with Crippen LogP contribution in [-0.4, -0.2) is 16.3 Å². The minimum atomic E-state index is 0.320. The van der Waals surface area contributed by atoms with E-state index in [2.05, 4.69) is 48.5 Å². The van der Waals surface area contributed by atoms with E-state index in [9.17, 15) is 0 Å². The molecule has 0 aliphatic rings. The van der Waals surface area contributed by atoms with E-state index in [1.807, 2.05) is 23.1 Å². The average molecular weight is 257 g/mol. The van der Waals surface area contributed by atoms with Crippen molar-refractivity contribution in [1.29, 1.82) is 0 Å². The van der Waals surface area contributed by atoms with Crippen LogP contribution < -0.4 is 5.32 Å². The predicted molar refractivity (Wildman–Crippen MR) is 79.1 cm³/mol. The molecule has 0 bridgehead atoms. The van der Waals surface area contributed by atoms with Crippen molar-refractivity contribution in [2.45, 2.75) is 39.3 Å².